The van der Waals surface area contributed by atoms with Crippen LogP contribution in [0.25, 0.3) is 0 Å². The summed E-state index contributed by atoms with van der Waals surface area (Å²) >= 11 is 0. The SMILES string of the molecule is CC1C2Cc3ccccc3C1(C)CCN2CCCC1CC1. The molecule has 4 rings (SSSR count). The van der Waals surface area contributed by atoms with Crippen molar-refractivity contribution in [3.63, 3.8) is 0 Å². The minimum Gasteiger partial charge on any atom is -0.300 e. The molecule has 2 fully saturated rings. The van der Waals surface area contributed by atoms with Crippen molar-refractivity contribution in [1.82, 2.24) is 4.90 Å². The maximum atomic E-state index is 2.82. The highest BCUT2D eigenvalue weighted by Gasteiger charge is 2.47. The zero-order valence-corrected chi connectivity index (χ0v) is 13.6. The lowest BCUT2D eigenvalue weighted by molar-refractivity contribution is 0.0302. The number of likely N-dealkylation sites (tertiary alicyclic amines) is 1. The molecule has 0 amide bonds. The lowest BCUT2D eigenvalue weighted by Crippen LogP contribution is -2.58. The average molecular weight is 283 g/mol. The molecule has 3 aliphatic rings. The number of rotatable bonds is 4. The van der Waals surface area contributed by atoms with Crippen LogP contribution in [-0.4, -0.2) is 24.0 Å². The van der Waals surface area contributed by atoms with Crippen LogP contribution in [-0.2, 0) is 11.8 Å². The Bertz CT molecular complexity index is 518. The van der Waals surface area contributed by atoms with E-state index in [1.807, 2.05) is 0 Å². The molecule has 0 N–H and O–H groups in total. The average Bonchev–Trinajstić information content (AvgIpc) is 3.29. The van der Waals surface area contributed by atoms with Crippen LogP contribution in [0.2, 0.25) is 0 Å². The largest absolute Gasteiger partial charge is 0.300 e. The van der Waals surface area contributed by atoms with Gasteiger partial charge in [-0.1, -0.05) is 51.0 Å². The van der Waals surface area contributed by atoms with Gasteiger partial charge in [-0.2, -0.15) is 0 Å². The molecule has 1 saturated heterocycles. The molecule has 21 heavy (non-hydrogen) atoms. The van der Waals surface area contributed by atoms with Gasteiger partial charge in [-0.05, 0) is 67.2 Å². The first-order valence-electron chi connectivity index (χ1n) is 9.01. The molecular weight excluding hydrogens is 254 g/mol. The maximum Gasteiger partial charge on any atom is 0.0170 e. The summed E-state index contributed by atoms with van der Waals surface area (Å²) in [5.74, 6) is 1.88. The third-order valence-electron chi connectivity index (χ3n) is 6.79. The minimum absolute atomic E-state index is 0.409. The molecule has 1 saturated carbocycles. The van der Waals surface area contributed by atoms with E-state index in [0.717, 1.165) is 17.9 Å². The molecule has 1 aromatic carbocycles. The second kappa shape index (κ2) is 5.12. The van der Waals surface area contributed by atoms with Crippen LogP contribution in [0.15, 0.2) is 24.3 Å². The summed E-state index contributed by atoms with van der Waals surface area (Å²) in [7, 11) is 0. The summed E-state index contributed by atoms with van der Waals surface area (Å²) in [5, 5.41) is 0. The Balaban J connectivity index is 1.53. The molecule has 0 radical (unpaired) electrons. The zero-order valence-electron chi connectivity index (χ0n) is 13.6. The molecule has 2 bridgehead atoms. The summed E-state index contributed by atoms with van der Waals surface area (Å²) in [5.41, 5.74) is 3.67. The van der Waals surface area contributed by atoms with Gasteiger partial charge in [0.2, 0.25) is 0 Å². The van der Waals surface area contributed by atoms with Crippen LogP contribution in [0.1, 0.15) is 57.1 Å². The number of benzene rings is 1. The lowest BCUT2D eigenvalue weighted by atomic mass is 9.59. The lowest BCUT2D eigenvalue weighted by Gasteiger charge is -2.54. The van der Waals surface area contributed by atoms with E-state index < -0.39 is 0 Å². The van der Waals surface area contributed by atoms with Crippen molar-refractivity contribution in [1.29, 1.82) is 0 Å². The van der Waals surface area contributed by atoms with Crippen molar-refractivity contribution in [3.05, 3.63) is 35.4 Å². The van der Waals surface area contributed by atoms with E-state index in [9.17, 15) is 0 Å². The van der Waals surface area contributed by atoms with Gasteiger partial charge in [-0.15, -0.1) is 0 Å². The fraction of sp³-hybridized carbons (Fsp3) is 0.700. The molecule has 0 spiro atoms. The van der Waals surface area contributed by atoms with Crippen molar-refractivity contribution in [2.75, 3.05) is 13.1 Å². The van der Waals surface area contributed by atoms with Crippen LogP contribution >= 0.6 is 0 Å². The van der Waals surface area contributed by atoms with E-state index in [0.29, 0.717) is 5.41 Å². The predicted molar refractivity (Wildman–Crippen MR) is 88.6 cm³/mol. The second-order valence-corrected chi connectivity index (χ2v) is 8.01. The first-order valence-corrected chi connectivity index (χ1v) is 9.01. The Labute approximate surface area is 129 Å². The van der Waals surface area contributed by atoms with Gasteiger partial charge in [0, 0.05) is 6.04 Å². The Hall–Kier alpha value is -0.820. The molecule has 1 heterocycles. The topological polar surface area (TPSA) is 3.24 Å². The number of piperidine rings is 1. The van der Waals surface area contributed by atoms with Gasteiger partial charge in [0.1, 0.15) is 0 Å². The third kappa shape index (κ3) is 2.34. The Morgan fingerprint density at radius 3 is 2.86 bits per heavy atom. The van der Waals surface area contributed by atoms with Crippen LogP contribution in [0.4, 0.5) is 0 Å². The van der Waals surface area contributed by atoms with Crippen molar-refractivity contribution in [2.45, 2.75) is 63.8 Å². The van der Waals surface area contributed by atoms with E-state index in [1.165, 1.54) is 51.6 Å². The molecule has 1 aromatic rings. The minimum atomic E-state index is 0.409. The highest BCUT2D eigenvalue weighted by molar-refractivity contribution is 5.39. The normalized spacial score (nSPS) is 35.5. The Kier molecular flexibility index (Phi) is 3.37. The number of hydrogen-bond donors (Lipinski definition) is 0. The van der Waals surface area contributed by atoms with Gasteiger partial charge in [-0.3, -0.25) is 4.90 Å². The fourth-order valence-corrected chi connectivity index (χ4v) is 4.94. The number of hydrogen-bond acceptors (Lipinski definition) is 1. The van der Waals surface area contributed by atoms with E-state index >= 15 is 0 Å². The van der Waals surface area contributed by atoms with Gasteiger partial charge in [0.05, 0.1) is 0 Å². The van der Waals surface area contributed by atoms with Gasteiger partial charge in [0.25, 0.3) is 0 Å². The van der Waals surface area contributed by atoms with Crippen molar-refractivity contribution in [3.8, 4) is 0 Å². The van der Waals surface area contributed by atoms with Crippen LogP contribution in [0.3, 0.4) is 0 Å². The van der Waals surface area contributed by atoms with Crippen LogP contribution in [0.5, 0.6) is 0 Å². The molecule has 2 aliphatic carbocycles. The molecule has 3 unspecified atom stereocenters. The molecule has 1 heteroatoms. The van der Waals surface area contributed by atoms with E-state index in [1.54, 1.807) is 11.1 Å². The second-order valence-electron chi connectivity index (χ2n) is 8.01. The summed E-state index contributed by atoms with van der Waals surface area (Å²) in [6, 6.07) is 10.0. The summed E-state index contributed by atoms with van der Waals surface area (Å²) in [6.07, 6.45) is 8.52. The van der Waals surface area contributed by atoms with Crippen LogP contribution in [0, 0.1) is 11.8 Å². The molecule has 1 nitrogen and oxygen atoms in total. The highest BCUT2D eigenvalue weighted by atomic mass is 15.2. The third-order valence-corrected chi connectivity index (χ3v) is 6.79. The van der Waals surface area contributed by atoms with Gasteiger partial charge >= 0.3 is 0 Å². The summed E-state index contributed by atoms with van der Waals surface area (Å²) < 4.78 is 0. The molecule has 3 atom stereocenters. The van der Waals surface area contributed by atoms with E-state index in [2.05, 4.69) is 43.0 Å². The van der Waals surface area contributed by atoms with Gasteiger partial charge in [-0.25, -0.2) is 0 Å². The monoisotopic (exact) mass is 283 g/mol. The van der Waals surface area contributed by atoms with Gasteiger partial charge < -0.3 is 0 Å². The smallest absolute Gasteiger partial charge is 0.0170 e. The summed E-state index contributed by atoms with van der Waals surface area (Å²) in [4.78, 5) is 2.82. The predicted octanol–water partition coefficient (Wildman–Crippen LogP) is 4.40. The van der Waals surface area contributed by atoms with E-state index in [-0.39, 0.29) is 0 Å². The number of fused-ring (bicyclic) bond motifs is 4. The van der Waals surface area contributed by atoms with Crippen molar-refractivity contribution in [2.24, 2.45) is 11.8 Å². The molecule has 0 aromatic heterocycles. The first kappa shape index (κ1) is 13.8. The fourth-order valence-electron chi connectivity index (χ4n) is 4.94. The standard InChI is InChI=1S/C20H29N/c1-15-19-14-17-7-3-4-8-18(17)20(15,2)11-13-21(19)12-5-6-16-9-10-16/h3-4,7-8,15-16,19H,5-6,9-14H2,1-2H3. The molecule has 114 valence electrons. The van der Waals surface area contributed by atoms with Gasteiger partial charge in [0.15, 0.2) is 0 Å². The van der Waals surface area contributed by atoms with Crippen molar-refractivity contribution >= 4 is 0 Å². The van der Waals surface area contributed by atoms with E-state index in [4.69, 9.17) is 0 Å². The highest BCUT2D eigenvalue weighted by Crippen LogP contribution is 2.48. The first-order chi connectivity index (χ1) is 10.2. The van der Waals surface area contributed by atoms with Crippen LogP contribution < -0.4 is 0 Å². The Morgan fingerprint density at radius 1 is 1.24 bits per heavy atom. The quantitative estimate of drug-likeness (QED) is 0.791. The molecular formula is C20H29N. The Morgan fingerprint density at radius 2 is 2.05 bits per heavy atom. The maximum absolute atomic E-state index is 2.82. The number of nitrogens with zero attached hydrogens (tertiary/aromatic N) is 1. The summed E-state index contributed by atoms with van der Waals surface area (Å²) in [6.45, 7) is 7.67. The zero-order chi connectivity index (χ0) is 14.4. The molecule has 1 aliphatic heterocycles. The van der Waals surface area contributed by atoms with Crippen molar-refractivity contribution < 1.29 is 0 Å².